The van der Waals surface area contributed by atoms with Crippen LogP contribution in [0.1, 0.15) is 36.0 Å². The van der Waals surface area contributed by atoms with E-state index in [1.54, 1.807) is 12.1 Å². The largest absolute Gasteiger partial charge is 0.245 e. The summed E-state index contributed by atoms with van der Waals surface area (Å²) in [5.74, 6) is 0.306. The van der Waals surface area contributed by atoms with Crippen molar-refractivity contribution < 1.29 is 8.42 Å². The summed E-state index contributed by atoms with van der Waals surface area (Å²) < 4.78 is 24.5. The van der Waals surface area contributed by atoms with Gasteiger partial charge >= 0.3 is 0 Å². The minimum atomic E-state index is -3.30. The molecule has 0 unspecified atom stereocenters. The van der Waals surface area contributed by atoms with Gasteiger partial charge < -0.3 is 0 Å². The van der Waals surface area contributed by atoms with Crippen molar-refractivity contribution in [1.29, 1.82) is 0 Å². The van der Waals surface area contributed by atoms with E-state index in [9.17, 15) is 8.42 Å². The van der Waals surface area contributed by atoms with Crippen LogP contribution >= 0.6 is 11.3 Å². The van der Waals surface area contributed by atoms with Gasteiger partial charge in [-0.15, -0.1) is 11.3 Å². The Morgan fingerprint density at radius 1 is 1.21 bits per heavy atom. The van der Waals surface area contributed by atoms with Gasteiger partial charge in [-0.1, -0.05) is 31.5 Å². The van der Waals surface area contributed by atoms with Gasteiger partial charge in [0.2, 0.25) is 0 Å². The Bertz CT molecular complexity index is 655. The molecule has 0 aliphatic rings. The van der Waals surface area contributed by atoms with Gasteiger partial charge in [0.1, 0.15) is 0 Å². The lowest BCUT2D eigenvalue weighted by molar-refractivity contribution is 0.594. The maximum absolute atomic E-state index is 12.3. The van der Waals surface area contributed by atoms with Crippen LogP contribution in [0.3, 0.4) is 0 Å². The Labute approximate surface area is 118 Å². The van der Waals surface area contributed by atoms with Crippen LogP contribution in [0.5, 0.6) is 0 Å². The van der Waals surface area contributed by atoms with Crippen LogP contribution in [0, 0.1) is 6.92 Å². The summed E-state index contributed by atoms with van der Waals surface area (Å²) in [6.45, 7) is 6.04. The predicted molar refractivity (Wildman–Crippen MR) is 78.3 cm³/mol. The molecule has 1 aromatic carbocycles. The molecule has 0 bridgehead atoms. The van der Waals surface area contributed by atoms with Crippen LogP contribution in [0.25, 0.3) is 0 Å². The zero-order valence-corrected chi connectivity index (χ0v) is 12.9. The van der Waals surface area contributed by atoms with Gasteiger partial charge in [-0.25, -0.2) is 13.4 Å². The molecule has 0 fully saturated rings. The van der Waals surface area contributed by atoms with E-state index < -0.39 is 9.84 Å². The van der Waals surface area contributed by atoms with Crippen molar-refractivity contribution in [3.05, 3.63) is 45.9 Å². The monoisotopic (exact) mass is 295 g/mol. The second-order valence-electron chi connectivity index (χ2n) is 4.90. The lowest BCUT2D eigenvalue weighted by Gasteiger charge is -2.03. The molecule has 19 heavy (non-hydrogen) atoms. The fraction of sp³-hybridized carbons (Fsp3) is 0.357. The number of nitrogens with zero attached hydrogens (tertiary/aromatic N) is 1. The van der Waals surface area contributed by atoms with E-state index >= 15 is 0 Å². The summed E-state index contributed by atoms with van der Waals surface area (Å²) >= 11 is 1.52. The van der Waals surface area contributed by atoms with E-state index in [0.717, 1.165) is 10.6 Å². The average Bonchev–Trinajstić information content (AvgIpc) is 2.77. The van der Waals surface area contributed by atoms with Crippen molar-refractivity contribution in [3.8, 4) is 0 Å². The van der Waals surface area contributed by atoms with Crippen LogP contribution in [0.2, 0.25) is 0 Å². The maximum Gasteiger partial charge on any atom is 0.184 e. The van der Waals surface area contributed by atoms with Gasteiger partial charge in [-0.05, 0) is 19.1 Å². The third-order valence-corrected chi connectivity index (χ3v) is 5.64. The first-order valence-electron chi connectivity index (χ1n) is 6.12. The van der Waals surface area contributed by atoms with Gasteiger partial charge in [0.15, 0.2) is 9.84 Å². The minimum Gasteiger partial charge on any atom is -0.245 e. The quantitative estimate of drug-likeness (QED) is 0.866. The van der Waals surface area contributed by atoms with E-state index in [1.165, 1.54) is 11.3 Å². The molecule has 0 aliphatic carbocycles. The molecule has 1 aromatic heterocycles. The fourth-order valence-electron chi connectivity index (χ4n) is 1.68. The number of thiazole rings is 1. The highest BCUT2D eigenvalue weighted by Gasteiger charge is 2.17. The summed E-state index contributed by atoms with van der Waals surface area (Å²) in [7, 11) is -3.30. The van der Waals surface area contributed by atoms with E-state index in [2.05, 4.69) is 18.8 Å². The molecule has 0 atom stereocenters. The highest BCUT2D eigenvalue weighted by Crippen LogP contribution is 2.22. The van der Waals surface area contributed by atoms with Gasteiger partial charge in [0.05, 0.1) is 21.3 Å². The lowest BCUT2D eigenvalue weighted by Crippen LogP contribution is -2.05. The standard InChI is InChI=1S/C14H17NO2S2/c1-10(2)14-15-12(8-18-14)9-19(16,17)13-6-4-11(3)5-7-13/h4-8,10H,9H2,1-3H3. The first kappa shape index (κ1) is 14.2. The van der Waals surface area contributed by atoms with Crippen molar-refractivity contribution in [3.63, 3.8) is 0 Å². The molecule has 1 heterocycles. The van der Waals surface area contributed by atoms with Crippen molar-refractivity contribution in [1.82, 2.24) is 4.98 Å². The van der Waals surface area contributed by atoms with Crippen LogP contribution < -0.4 is 0 Å². The Balaban J connectivity index is 2.23. The molecule has 0 saturated heterocycles. The number of benzene rings is 1. The number of sulfone groups is 1. The molecule has 102 valence electrons. The molecule has 0 radical (unpaired) electrons. The highest BCUT2D eigenvalue weighted by atomic mass is 32.2. The molecule has 2 rings (SSSR count). The lowest BCUT2D eigenvalue weighted by atomic mass is 10.2. The molecule has 0 amide bonds. The van der Waals surface area contributed by atoms with Gasteiger partial charge in [-0.3, -0.25) is 0 Å². The van der Waals surface area contributed by atoms with Crippen LogP contribution in [0.15, 0.2) is 34.5 Å². The Morgan fingerprint density at radius 2 is 1.84 bits per heavy atom. The number of aromatic nitrogens is 1. The third-order valence-electron chi connectivity index (χ3n) is 2.78. The number of aryl methyl sites for hydroxylation is 1. The van der Waals surface area contributed by atoms with Gasteiger partial charge in [0, 0.05) is 11.3 Å². The second-order valence-corrected chi connectivity index (χ2v) is 7.78. The van der Waals surface area contributed by atoms with Gasteiger partial charge in [-0.2, -0.15) is 0 Å². The van der Waals surface area contributed by atoms with Crippen molar-refractivity contribution in [2.75, 3.05) is 0 Å². The van der Waals surface area contributed by atoms with E-state index in [0.29, 0.717) is 16.5 Å². The van der Waals surface area contributed by atoms with Crippen molar-refractivity contribution in [2.45, 2.75) is 37.3 Å². The Hall–Kier alpha value is -1.20. The van der Waals surface area contributed by atoms with Crippen molar-refractivity contribution in [2.24, 2.45) is 0 Å². The third kappa shape index (κ3) is 3.42. The summed E-state index contributed by atoms with van der Waals surface area (Å²) in [5.41, 5.74) is 1.68. The smallest absolute Gasteiger partial charge is 0.184 e. The topological polar surface area (TPSA) is 47.0 Å². The highest BCUT2D eigenvalue weighted by molar-refractivity contribution is 7.90. The number of rotatable bonds is 4. The molecule has 0 N–H and O–H groups in total. The zero-order valence-electron chi connectivity index (χ0n) is 11.3. The van der Waals surface area contributed by atoms with Gasteiger partial charge in [0.25, 0.3) is 0 Å². The van der Waals surface area contributed by atoms with Crippen LogP contribution in [-0.2, 0) is 15.6 Å². The first-order valence-corrected chi connectivity index (χ1v) is 8.65. The fourth-order valence-corrected chi connectivity index (χ4v) is 3.87. The van der Waals surface area contributed by atoms with E-state index in [-0.39, 0.29) is 5.75 Å². The Kier molecular flexibility index (Phi) is 4.06. The summed E-state index contributed by atoms with van der Waals surface area (Å²) in [4.78, 5) is 4.74. The first-order chi connectivity index (χ1) is 8.88. The molecule has 0 aliphatic heterocycles. The molecular formula is C14H17NO2S2. The SMILES string of the molecule is Cc1ccc(S(=O)(=O)Cc2csc(C(C)C)n2)cc1. The van der Waals surface area contributed by atoms with E-state index in [4.69, 9.17) is 0 Å². The zero-order chi connectivity index (χ0) is 14.0. The summed E-state index contributed by atoms with van der Waals surface area (Å²) in [6.07, 6.45) is 0. The molecular weight excluding hydrogens is 278 g/mol. The Morgan fingerprint density at radius 3 is 2.37 bits per heavy atom. The number of hydrogen-bond donors (Lipinski definition) is 0. The number of hydrogen-bond acceptors (Lipinski definition) is 4. The van der Waals surface area contributed by atoms with Crippen molar-refractivity contribution >= 4 is 21.2 Å². The van der Waals surface area contributed by atoms with E-state index in [1.807, 2.05) is 24.4 Å². The summed E-state index contributed by atoms with van der Waals surface area (Å²) in [5, 5.41) is 2.82. The molecule has 0 saturated carbocycles. The minimum absolute atomic E-state index is 0.0285. The normalized spacial score (nSPS) is 12.0. The summed E-state index contributed by atoms with van der Waals surface area (Å²) in [6, 6.07) is 6.93. The van der Waals surface area contributed by atoms with Crippen LogP contribution in [0.4, 0.5) is 0 Å². The predicted octanol–water partition coefficient (Wildman–Crippen LogP) is 3.55. The molecule has 3 nitrogen and oxygen atoms in total. The maximum atomic E-state index is 12.3. The van der Waals surface area contributed by atoms with Crippen LogP contribution in [-0.4, -0.2) is 13.4 Å². The molecule has 2 aromatic rings. The average molecular weight is 295 g/mol. The molecule has 0 spiro atoms. The second kappa shape index (κ2) is 5.43. The molecule has 5 heteroatoms.